The molecule has 0 aliphatic heterocycles. The van der Waals surface area contributed by atoms with Crippen molar-refractivity contribution in [2.24, 2.45) is 0 Å². The van der Waals surface area contributed by atoms with Gasteiger partial charge in [-0.05, 0) is 61.4 Å². The Labute approximate surface area is 177 Å². The quantitative estimate of drug-likeness (QED) is 0.353. The number of benzene rings is 3. The number of nitrogen functional groups attached to an aromatic ring is 1. The van der Waals surface area contributed by atoms with Crippen LogP contribution in [0.25, 0.3) is 6.08 Å². The normalized spacial score (nSPS) is 10.9. The number of amides is 1. The molecule has 0 saturated carbocycles. The maximum absolute atomic E-state index is 12.2. The van der Waals surface area contributed by atoms with Gasteiger partial charge in [0.25, 0.3) is 0 Å². The Morgan fingerprint density at radius 2 is 1.83 bits per heavy atom. The molecule has 30 heavy (non-hydrogen) atoms. The van der Waals surface area contributed by atoms with E-state index in [0.29, 0.717) is 17.9 Å². The molecule has 0 atom stereocenters. The molecule has 0 aliphatic carbocycles. The van der Waals surface area contributed by atoms with Crippen molar-refractivity contribution in [1.82, 2.24) is 0 Å². The molecule has 5 nitrogen and oxygen atoms in total. The SMILES string of the molecule is CC(C)Oc1cccc(NCc2cccc(/C=C/C(=O)Nc3ccccc3N)c2)c1. The number of anilines is 3. The molecule has 4 N–H and O–H groups in total. The molecule has 0 unspecified atom stereocenters. The molecule has 3 aromatic rings. The number of para-hydroxylation sites is 2. The Hall–Kier alpha value is -3.73. The van der Waals surface area contributed by atoms with E-state index in [1.807, 2.05) is 74.5 Å². The first-order valence-corrected chi connectivity index (χ1v) is 9.93. The average Bonchev–Trinajstić information content (AvgIpc) is 2.73. The minimum atomic E-state index is -0.224. The lowest BCUT2D eigenvalue weighted by Crippen LogP contribution is -2.09. The van der Waals surface area contributed by atoms with Gasteiger partial charge < -0.3 is 21.1 Å². The Kier molecular flexibility index (Phi) is 7.11. The zero-order valence-electron chi connectivity index (χ0n) is 17.3. The number of carbonyl (C=O) groups is 1. The highest BCUT2D eigenvalue weighted by Crippen LogP contribution is 2.20. The van der Waals surface area contributed by atoms with Gasteiger partial charge in [-0.2, -0.15) is 0 Å². The van der Waals surface area contributed by atoms with E-state index >= 15 is 0 Å². The van der Waals surface area contributed by atoms with Crippen molar-refractivity contribution in [3.05, 3.63) is 90.0 Å². The average molecular weight is 402 g/mol. The molecule has 0 radical (unpaired) electrons. The molecule has 0 heterocycles. The van der Waals surface area contributed by atoms with Crippen LogP contribution in [-0.4, -0.2) is 12.0 Å². The van der Waals surface area contributed by atoms with Gasteiger partial charge in [-0.25, -0.2) is 0 Å². The fourth-order valence-electron chi connectivity index (χ4n) is 2.92. The van der Waals surface area contributed by atoms with Crippen molar-refractivity contribution >= 4 is 29.0 Å². The maximum atomic E-state index is 12.2. The van der Waals surface area contributed by atoms with Gasteiger partial charge in [0.05, 0.1) is 17.5 Å². The van der Waals surface area contributed by atoms with Crippen LogP contribution >= 0.6 is 0 Å². The van der Waals surface area contributed by atoms with Crippen LogP contribution in [-0.2, 0) is 11.3 Å². The predicted molar refractivity (Wildman–Crippen MR) is 124 cm³/mol. The van der Waals surface area contributed by atoms with Gasteiger partial charge in [0.1, 0.15) is 5.75 Å². The summed E-state index contributed by atoms with van der Waals surface area (Å²) in [5.74, 6) is 0.621. The molecular weight excluding hydrogens is 374 g/mol. The lowest BCUT2D eigenvalue weighted by Gasteiger charge is -2.12. The summed E-state index contributed by atoms with van der Waals surface area (Å²) >= 11 is 0. The van der Waals surface area contributed by atoms with Crippen LogP contribution in [0, 0.1) is 0 Å². The standard InChI is InChI=1S/C25H27N3O2/c1-18(2)30-22-10-6-9-21(16-22)27-17-20-8-5-7-19(15-20)13-14-25(29)28-24-12-4-3-11-23(24)26/h3-16,18,27H,17,26H2,1-2H3,(H,28,29)/b14-13+. The molecule has 1 amide bonds. The first-order valence-electron chi connectivity index (χ1n) is 9.93. The van der Waals surface area contributed by atoms with Gasteiger partial charge in [0.2, 0.25) is 5.91 Å². The monoisotopic (exact) mass is 401 g/mol. The topological polar surface area (TPSA) is 76.4 Å². The summed E-state index contributed by atoms with van der Waals surface area (Å²) in [4.78, 5) is 12.2. The first-order chi connectivity index (χ1) is 14.5. The van der Waals surface area contributed by atoms with Crippen LogP contribution in [0.3, 0.4) is 0 Å². The van der Waals surface area contributed by atoms with Gasteiger partial charge in [-0.15, -0.1) is 0 Å². The number of ether oxygens (including phenoxy) is 1. The van der Waals surface area contributed by atoms with E-state index in [4.69, 9.17) is 10.5 Å². The highest BCUT2D eigenvalue weighted by atomic mass is 16.5. The molecule has 154 valence electrons. The van der Waals surface area contributed by atoms with Crippen LogP contribution in [0.1, 0.15) is 25.0 Å². The fraction of sp³-hybridized carbons (Fsp3) is 0.160. The largest absolute Gasteiger partial charge is 0.491 e. The first kappa shape index (κ1) is 21.0. The Balaban J connectivity index is 1.59. The van der Waals surface area contributed by atoms with Crippen LogP contribution in [0.2, 0.25) is 0 Å². The van der Waals surface area contributed by atoms with E-state index in [9.17, 15) is 4.79 Å². The highest BCUT2D eigenvalue weighted by Gasteiger charge is 2.02. The van der Waals surface area contributed by atoms with Crippen molar-refractivity contribution in [2.75, 3.05) is 16.4 Å². The van der Waals surface area contributed by atoms with Crippen LogP contribution < -0.4 is 21.1 Å². The second-order valence-corrected chi connectivity index (χ2v) is 7.20. The predicted octanol–water partition coefficient (Wildman–Crippen LogP) is 5.32. The van der Waals surface area contributed by atoms with Crippen LogP contribution in [0.4, 0.5) is 17.1 Å². The second kappa shape index (κ2) is 10.2. The lowest BCUT2D eigenvalue weighted by molar-refractivity contribution is -0.111. The molecule has 3 rings (SSSR count). The molecule has 0 fully saturated rings. The number of hydrogen-bond acceptors (Lipinski definition) is 4. The van der Waals surface area contributed by atoms with Gasteiger partial charge in [0, 0.05) is 24.4 Å². The van der Waals surface area contributed by atoms with E-state index in [-0.39, 0.29) is 12.0 Å². The fourth-order valence-corrected chi connectivity index (χ4v) is 2.92. The Morgan fingerprint density at radius 1 is 1.03 bits per heavy atom. The molecule has 0 aliphatic rings. The second-order valence-electron chi connectivity index (χ2n) is 7.20. The summed E-state index contributed by atoms with van der Waals surface area (Å²) in [5.41, 5.74) is 10.1. The molecule has 0 spiro atoms. The summed E-state index contributed by atoms with van der Waals surface area (Å²) in [5, 5.41) is 6.19. The summed E-state index contributed by atoms with van der Waals surface area (Å²) in [6.07, 6.45) is 3.43. The smallest absolute Gasteiger partial charge is 0.248 e. The molecular formula is C25H27N3O2. The van der Waals surface area contributed by atoms with E-state index in [1.165, 1.54) is 6.08 Å². The third-order valence-electron chi connectivity index (χ3n) is 4.30. The van der Waals surface area contributed by atoms with E-state index < -0.39 is 0 Å². The van der Waals surface area contributed by atoms with Crippen molar-refractivity contribution < 1.29 is 9.53 Å². The summed E-state index contributed by atoms with van der Waals surface area (Å²) < 4.78 is 5.74. The third kappa shape index (κ3) is 6.41. The summed E-state index contributed by atoms with van der Waals surface area (Å²) in [6, 6.07) is 23.1. The molecule has 0 bridgehead atoms. The minimum absolute atomic E-state index is 0.138. The molecule has 0 saturated heterocycles. The maximum Gasteiger partial charge on any atom is 0.248 e. The van der Waals surface area contributed by atoms with Gasteiger partial charge >= 0.3 is 0 Å². The number of carbonyl (C=O) groups excluding carboxylic acids is 1. The van der Waals surface area contributed by atoms with Gasteiger partial charge in [0.15, 0.2) is 0 Å². The van der Waals surface area contributed by atoms with E-state index in [0.717, 1.165) is 22.6 Å². The van der Waals surface area contributed by atoms with Gasteiger partial charge in [-0.1, -0.05) is 36.4 Å². The molecule has 0 aromatic heterocycles. The number of nitrogens with two attached hydrogens (primary N) is 1. The summed E-state index contributed by atoms with van der Waals surface area (Å²) in [6.45, 7) is 4.68. The third-order valence-corrected chi connectivity index (χ3v) is 4.30. The lowest BCUT2D eigenvalue weighted by atomic mass is 10.1. The zero-order valence-corrected chi connectivity index (χ0v) is 17.3. The molecule has 5 heteroatoms. The van der Waals surface area contributed by atoms with Crippen molar-refractivity contribution in [3.8, 4) is 5.75 Å². The van der Waals surface area contributed by atoms with Crippen molar-refractivity contribution in [1.29, 1.82) is 0 Å². The van der Waals surface area contributed by atoms with E-state index in [1.54, 1.807) is 18.2 Å². The van der Waals surface area contributed by atoms with Crippen molar-refractivity contribution in [3.63, 3.8) is 0 Å². The Morgan fingerprint density at radius 3 is 2.63 bits per heavy atom. The van der Waals surface area contributed by atoms with Crippen LogP contribution in [0.5, 0.6) is 5.75 Å². The van der Waals surface area contributed by atoms with Crippen LogP contribution in [0.15, 0.2) is 78.9 Å². The minimum Gasteiger partial charge on any atom is -0.491 e. The highest BCUT2D eigenvalue weighted by molar-refractivity contribution is 6.03. The summed E-state index contributed by atoms with van der Waals surface area (Å²) in [7, 11) is 0. The zero-order chi connectivity index (χ0) is 21.3. The Bertz CT molecular complexity index is 1030. The number of rotatable bonds is 8. The number of hydrogen-bond donors (Lipinski definition) is 3. The van der Waals surface area contributed by atoms with Crippen molar-refractivity contribution in [2.45, 2.75) is 26.5 Å². The molecule has 3 aromatic carbocycles. The van der Waals surface area contributed by atoms with Gasteiger partial charge in [-0.3, -0.25) is 4.79 Å². The van der Waals surface area contributed by atoms with E-state index in [2.05, 4.69) is 10.6 Å². The number of nitrogens with one attached hydrogen (secondary N) is 2.